The first-order chi connectivity index (χ1) is 10.2. The minimum atomic E-state index is 0.238. The van der Waals surface area contributed by atoms with Gasteiger partial charge >= 0.3 is 0 Å². The summed E-state index contributed by atoms with van der Waals surface area (Å²) in [5.74, 6) is 1.76. The second-order valence-electron chi connectivity index (χ2n) is 6.52. The van der Waals surface area contributed by atoms with Gasteiger partial charge in [-0.15, -0.1) is 0 Å². The van der Waals surface area contributed by atoms with Crippen molar-refractivity contribution in [2.75, 3.05) is 6.54 Å². The molecular formula is C19H31NO. The van der Waals surface area contributed by atoms with Crippen LogP contribution in [0, 0.1) is 5.92 Å². The molecule has 0 heterocycles. The van der Waals surface area contributed by atoms with Crippen LogP contribution in [0.4, 0.5) is 0 Å². The Morgan fingerprint density at radius 2 is 1.67 bits per heavy atom. The maximum atomic E-state index is 5.75. The summed E-state index contributed by atoms with van der Waals surface area (Å²) in [5.41, 5.74) is 1.42. The number of rotatable bonds is 6. The van der Waals surface area contributed by atoms with Crippen LogP contribution in [0.15, 0.2) is 24.3 Å². The van der Waals surface area contributed by atoms with Gasteiger partial charge in [-0.05, 0) is 56.8 Å². The molecule has 1 saturated carbocycles. The summed E-state index contributed by atoms with van der Waals surface area (Å²) in [5, 5.41) is 3.72. The zero-order valence-corrected chi connectivity index (χ0v) is 13.9. The second-order valence-corrected chi connectivity index (χ2v) is 6.52. The zero-order valence-electron chi connectivity index (χ0n) is 13.9. The Morgan fingerprint density at radius 1 is 1.05 bits per heavy atom. The Balaban J connectivity index is 2.09. The van der Waals surface area contributed by atoms with Gasteiger partial charge in [-0.2, -0.15) is 0 Å². The van der Waals surface area contributed by atoms with Crippen LogP contribution in [-0.4, -0.2) is 12.6 Å². The van der Waals surface area contributed by atoms with E-state index >= 15 is 0 Å². The van der Waals surface area contributed by atoms with Gasteiger partial charge in [-0.25, -0.2) is 0 Å². The topological polar surface area (TPSA) is 21.3 Å². The zero-order chi connectivity index (χ0) is 15.1. The number of nitrogens with one attached hydrogen (secondary N) is 1. The van der Waals surface area contributed by atoms with E-state index in [1.807, 2.05) is 0 Å². The minimum Gasteiger partial charge on any atom is -0.491 e. The first-order valence-electron chi connectivity index (χ1n) is 8.70. The molecule has 1 unspecified atom stereocenters. The predicted octanol–water partition coefficient (Wildman–Crippen LogP) is 5.09. The predicted molar refractivity (Wildman–Crippen MR) is 89.8 cm³/mol. The summed E-state index contributed by atoms with van der Waals surface area (Å²) in [6.07, 6.45) is 8.57. The van der Waals surface area contributed by atoms with Crippen molar-refractivity contribution in [3.8, 4) is 5.75 Å². The Bertz CT molecular complexity index is 391. The molecule has 0 saturated heterocycles. The van der Waals surface area contributed by atoms with Crippen molar-refractivity contribution in [3.63, 3.8) is 0 Å². The van der Waals surface area contributed by atoms with Gasteiger partial charge in [-0.1, -0.05) is 44.7 Å². The van der Waals surface area contributed by atoms with Crippen molar-refractivity contribution < 1.29 is 4.74 Å². The molecule has 2 rings (SSSR count). The number of ether oxygens (including phenoxy) is 1. The maximum Gasteiger partial charge on any atom is 0.119 e. The molecule has 0 aliphatic heterocycles. The quantitative estimate of drug-likeness (QED) is 0.736. The molecule has 0 bridgehead atoms. The van der Waals surface area contributed by atoms with E-state index in [4.69, 9.17) is 4.74 Å². The highest BCUT2D eigenvalue weighted by Crippen LogP contribution is 2.34. The molecule has 2 heteroatoms. The molecule has 0 aromatic heterocycles. The lowest BCUT2D eigenvalue weighted by Gasteiger charge is -2.27. The van der Waals surface area contributed by atoms with E-state index in [1.54, 1.807) is 0 Å². The first kappa shape index (κ1) is 16.4. The van der Waals surface area contributed by atoms with Crippen LogP contribution in [0.5, 0.6) is 5.75 Å². The van der Waals surface area contributed by atoms with Crippen LogP contribution in [0.2, 0.25) is 0 Å². The molecule has 0 amide bonds. The van der Waals surface area contributed by atoms with Gasteiger partial charge in [-0.3, -0.25) is 0 Å². The maximum absolute atomic E-state index is 5.75. The van der Waals surface area contributed by atoms with Gasteiger partial charge in [0.1, 0.15) is 5.75 Å². The molecule has 118 valence electrons. The van der Waals surface area contributed by atoms with Gasteiger partial charge in [0, 0.05) is 6.04 Å². The van der Waals surface area contributed by atoms with Gasteiger partial charge in [0.05, 0.1) is 6.10 Å². The van der Waals surface area contributed by atoms with Crippen LogP contribution in [-0.2, 0) is 0 Å². The molecule has 0 spiro atoms. The van der Waals surface area contributed by atoms with Crippen molar-refractivity contribution in [2.45, 2.75) is 71.4 Å². The fourth-order valence-electron chi connectivity index (χ4n) is 3.45. The second kappa shape index (κ2) is 8.43. The van der Waals surface area contributed by atoms with Crippen molar-refractivity contribution in [2.24, 2.45) is 5.92 Å². The molecule has 1 aromatic rings. The summed E-state index contributed by atoms with van der Waals surface area (Å²) in [6, 6.07) is 9.24. The summed E-state index contributed by atoms with van der Waals surface area (Å²) >= 11 is 0. The Kier molecular flexibility index (Phi) is 6.56. The van der Waals surface area contributed by atoms with E-state index in [1.165, 1.54) is 44.1 Å². The summed E-state index contributed by atoms with van der Waals surface area (Å²) < 4.78 is 5.75. The van der Waals surface area contributed by atoms with Gasteiger partial charge in [0.2, 0.25) is 0 Å². The standard InChI is InChI=1S/C19H31NO/c1-4-20-19(16-9-7-5-6-8-10-16)17-11-13-18(14-12-17)21-15(2)3/h11-16,19-20H,4-10H2,1-3H3. The van der Waals surface area contributed by atoms with Crippen LogP contribution in [0.3, 0.4) is 0 Å². The van der Waals surface area contributed by atoms with Crippen LogP contribution >= 0.6 is 0 Å². The minimum absolute atomic E-state index is 0.238. The third kappa shape index (κ3) is 5.03. The van der Waals surface area contributed by atoms with Crippen molar-refractivity contribution in [3.05, 3.63) is 29.8 Å². The monoisotopic (exact) mass is 289 g/mol. The molecule has 0 radical (unpaired) electrons. The lowest BCUT2D eigenvalue weighted by atomic mass is 9.87. The van der Waals surface area contributed by atoms with Crippen molar-refractivity contribution in [1.29, 1.82) is 0 Å². The SMILES string of the molecule is CCNC(c1ccc(OC(C)C)cc1)C1CCCCCC1. The molecule has 1 atom stereocenters. The fraction of sp³-hybridized carbons (Fsp3) is 0.684. The van der Waals surface area contributed by atoms with Crippen LogP contribution in [0.25, 0.3) is 0 Å². The van der Waals surface area contributed by atoms with Gasteiger partial charge in [0.25, 0.3) is 0 Å². The number of benzene rings is 1. The highest BCUT2D eigenvalue weighted by Gasteiger charge is 2.23. The number of hydrogen-bond acceptors (Lipinski definition) is 2. The molecule has 1 aliphatic carbocycles. The Labute approximate surface area is 130 Å². The summed E-state index contributed by atoms with van der Waals surface area (Å²) in [7, 11) is 0. The molecule has 21 heavy (non-hydrogen) atoms. The van der Waals surface area contributed by atoms with E-state index in [0.29, 0.717) is 6.04 Å². The Hall–Kier alpha value is -1.02. The lowest BCUT2D eigenvalue weighted by Crippen LogP contribution is -2.28. The van der Waals surface area contributed by atoms with Crippen LogP contribution < -0.4 is 10.1 Å². The molecule has 2 nitrogen and oxygen atoms in total. The number of hydrogen-bond donors (Lipinski definition) is 1. The Morgan fingerprint density at radius 3 is 2.19 bits per heavy atom. The molecular weight excluding hydrogens is 258 g/mol. The average Bonchev–Trinajstić information content (AvgIpc) is 2.74. The molecule has 1 aliphatic rings. The third-order valence-electron chi connectivity index (χ3n) is 4.41. The van der Waals surface area contributed by atoms with E-state index < -0.39 is 0 Å². The molecule has 1 N–H and O–H groups in total. The fourth-order valence-corrected chi connectivity index (χ4v) is 3.45. The van der Waals surface area contributed by atoms with Crippen LogP contribution in [0.1, 0.15) is 70.9 Å². The largest absolute Gasteiger partial charge is 0.491 e. The first-order valence-corrected chi connectivity index (χ1v) is 8.70. The van der Waals surface area contributed by atoms with Crippen molar-refractivity contribution >= 4 is 0 Å². The summed E-state index contributed by atoms with van der Waals surface area (Å²) in [6.45, 7) is 7.38. The van der Waals surface area contributed by atoms with Gasteiger partial charge < -0.3 is 10.1 Å². The van der Waals surface area contributed by atoms with E-state index in [9.17, 15) is 0 Å². The van der Waals surface area contributed by atoms with E-state index in [0.717, 1.165) is 18.2 Å². The van der Waals surface area contributed by atoms with E-state index in [-0.39, 0.29) is 6.10 Å². The summed E-state index contributed by atoms with van der Waals surface area (Å²) in [4.78, 5) is 0. The van der Waals surface area contributed by atoms with Crippen molar-refractivity contribution in [1.82, 2.24) is 5.32 Å². The van der Waals surface area contributed by atoms with E-state index in [2.05, 4.69) is 50.4 Å². The highest BCUT2D eigenvalue weighted by atomic mass is 16.5. The van der Waals surface area contributed by atoms with Gasteiger partial charge in [0.15, 0.2) is 0 Å². The highest BCUT2D eigenvalue weighted by molar-refractivity contribution is 5.29. The average molecular weight is 289 g/mol. The molecule has 1 fully saturated rings. The lowest BCUT2D eigenvalue weighted by molar-refractivity contribution is 0.242. The smallest absolute Gasteiger partial charge is 0.119 e. The normalized spacial score (nSPS) is 18.5. The molecule has 1 aromatic carbocycles. The third-order valence-corrected chi connectivity index (χ3v) is 4.41.